The smallest absolute Gasteiger partial charge is 0.333 e. The third-order valence-corrected chi connectivity index (χ3v) is 3.43. The van der Waals surface area contributed by atoms with Crippen molar-refractivity contribution < 1.29 is 14.3 Å². The molecule has 1 fully saturated rings. The summed E-state index contributed by atoms with van der Waals surface area (Å²) in [5.41, 5.74) is 0.354. The highest BCUT2D eigenvalue weighted by molar-refractivity contribution is 5.87. The van der Waals surface area contributed by atoms with Crippen LogP contribution in [0.2, 0.25) is 0 Å². The van der Waals surface area contributed by atoms with Crippen molar-refractivity contribution in [2.45, 2.75) is 25.2 Å². The van der Waals surface area contributed by atoms with Crippen LogP contribution in [0, 0.1) is 11.8 Å². The molecular weight excluding hydrogens is 252 g/mol. The average molecular weight is 274 g/mol. The second-order valence-corrected chi connectivity index (χ2v) is 4.81. The van der Waals surface area contributed by atoms with Gasteiger partial charge in [-0.25, -0.2) is 4.79 Å². The summed E-state index contributed by atoms with van der Waals surface area (Å²) >= 11 is 0. The van der Waals surface area contributed by atoms with Crippen LogP contribution < -0.4 is 0 Å². The summed E-state index contributed by atoms with van der Waals surface area (Å²) in [5, 5.41) is 0. The van der Waals surface area contributed by atoms with Gasteiger partial charge in [-0.15, -0.1) is 26.3 Å². The van der Waals surface area contributed by atoms with Crippen molar-refractivity contribution in [3.05, 3.63) is 62.8 Å². The Hall–Kier alpha value is -1.87. The van der Waals surface area contributed by atoms with E-state index in [0.29, 0.717) is 5.57 Å². The normalized spacial score (nSPS) is 32.8. The quantitative estimate of drug-likeness (QED) is 0.424. The van der Waals surface area contributed by atoms with Crippen molar-refractivity contribution in [1.29, 1.82) is 0 Å². The molecule has 1 rings (SSSR count). The Morgan fingerprint density at radius 2 is 1.45 bits per heavy atom. The van der Waals surface area contributed by atoms with Crippen molar-refractivity contribution in [3.63, 3.8) is 0 Å². The number of hydrogen-bond acceptors (Lipinski definition) is 3. The van der Waals surface area contributed by atoms with Crippen LogP contribution in [0.1, 0.15) is 6.92 Å². The third-order valence-electron chi connectivity index (χ3n) is 3.43. The molecule has 0 saturated carbocycles. The molecule has 1 aliphatic heterocycles. The molecule has 0 aromatic rings. The largest absolute Gasteiger partial charge is 0.458 e. The van der Waals surface area contributed by atoms with Crippen LogP contribution in [-0.4, -0.2) is 24.3 Å². The first kappa shape index (κ1) is 16.2. The molecular formula is C17H22O3. The van der Waals surface area contributed by atoms with E-state index in [1.807, 2.05) is 0 Å². The number of ether oxygens (including phenoxy) is 2. The van der Waals surface area contributed by atoms with Crippen molar-refractivity contribution in [1.82, 2.24) is 0 Å². The molecule has 0 N–H and O–H groups in total. The van der Waals surface area contributed by atoms with E-state index in [1.165, 1.54) is 0 Å². The zero-order chi connectivity index (χ0) is 15.3. The standard InChI is InChI=1S/C17H22O3/c1-7-12-14(9-3)19-15(10-4)13(8-2)16(12)20-17(18)11(5)6/h7-10,12-16H,1-5H2,6H3. The molecule has 4 unspecified atom stereocenters. The molecule has 0 aromatic carbocycles. The molecule has 0 radical (unpaired) electrons. The molecule has 4 atom stereocenters. The Balaban J connectivity index is 3.12. The van der Waals surface area contributed by atoms with Gasteiger partial charge in [0.25, 0.3) is 0 Å². The summed E-state index contributed by atoms with van der Waals surface area (Å²) in [5.74, 6) is -0.800. The summed E-state index contributed by atoms with van der Waals surface area (Å²) in [6, 6.07) is 0. The fourth-order valence-electron chi connectivity index (χ4n) is 2.34. The van der Waals surface area contributed by atoms with Crippen LogP contribution in [0.25, 0.3) is 0 Å². The lowest BCUT2D eigenvalue weighted by atomic mass is 9.80. The second kappa shape index (κ2) is 7.06. The molecule has 0 aliphatic carbocycles. The molecule has 3 heteroatoms. The zero-order valence-corrected chi connectivity index (χ0v) is 12.0. The Labute approximate surface area is 121 Å². The van der Waals surface area contributed by atoms with E-state index in [0.717, 1.165) is 0 Å². The van der Waals surface area contributed by atoms with Crippen LogP contribution >= 0.6 is 0 Å². The molecule has 1 saturated heterocycles. The minimum absolute atomic E-state index is 0.185. The van der Waals surface area contributed by atoms with E-state index in [-0.39, 0.29) is 24.0 Å². The van der Waals surface area contributed by atoms with Crippen molar-refractivity contribution >= 4 is 5.97 Å². The van der Waals surface area contributed by atoms with Gasteiger partial charge in [-0.3, -0.25) is 0 Å². The van der Waals surface area contributed by atoms with E-state index < -0.39 is 12.1 Å². The molecule has 1 aliphatic rings. The summed E-state index contributed by atoms with van der Waals surface area (Å²) in [4.78, 5) is 11.8. The predicted octanol–water partition coefficient (Wildman–Crippen LogP) is 3.22. The van der Waals surface area contributed by atoms with E-state index in [1.54, 1.807) is 31.2 Å². The van der Waals surface area contributed by atoms with Gasteiger partial charge in [0.1, 0.15) is 6.10 Å². The summed E-state index contributed by atoms with van der Waals surface area (Å²) < 4.78 is 11.4. The van der Waals surface area contributed by atoms with Crippen LogP contribution in [0.15, 0.2) is 62.8 Å². The fraction of sp³-hybridized carbons (Fsp3) is 0.353. The van der Waals surface area contributed by atoms with Gasteiger partial charge >= 0.3 is 5.97 Å². The predicted molar refractivity (Wildman–Crippen MR) is 81.1 cm³/mol. The number of rotatable bonds is 6. The Bertz CT molecular complexity index is 410. The molecule has 108 valence electrons. The van der Waals surface area contributed by atoms with Crippen molar-refractivity contribution in [2.24, 2.45) is 11.8 Å². The van der Waals surface area contributed by atoms with Crippen LogP contribution in [0.5, 0.6) is 0 Å². The number of carbonyl (C=O) groups is 1. The Morgan fingerprint density at radius 1 is 1.00 bits per heavy atom. The SMILES string of the molecule is C=CC1OC(C=C)C(C=C)C(OC(=O)C(=C)C)C1C=C. The van der Waals surface area contributed by atoms with Crippen LogP contribution in [0.3, 0.4) is 0 Å². The number of esters is 1. The van der Waals surface area contributed by atoms with Crippen LogP contribution in [0.4, 0.5) is 0 Å². The first-order chi connectivity index (χ1) is 9.49. The van der Waals surface area contributed by atoms with Gasteiger partial charge in [0.05, 0.1) is 12.2 Å². The van der Waals surface area contributed by atoms with Crippen molar-refractivity contribution in [2.75, 3.05) is 0 Å². The maximum Gasteiger partial charge on any atom is 0.333 e. The fourth-order valence-corrected chi connectivity index (χ4v) is 2.34. The van der Waals surface area contributed by atoms with Gasteiger partial charge in [-0.1, -0.05) is 30.9 Å². The highest BCUT2D eigenvalue weighted by atomic mass is 16.6. The van der Waals surface area contributed by atoms with Gasteiger partial charge in [-0.05, 0) is 6.92 Å². The van der Waals surface area contributed by atoms with Gasteiger partial charge < -0.3 is 9.47 Å². The van der Waals surface area contributed by atoms with E-state index >= 15 is 0 Å². The summed E-state index contributed by atoms with van der Waals surface area (Å²) in [7, 11) is 0. The molecule has 0 bridgehead atoms. The molecule has 0 spiro atoms. The van der Waals surface area contributed by atoms with Crippen LogP contribution in [-0.2, 0) is 14.3 Å². The van der Waals surface area contributed by atoms with Gasteiger partial charge in [0.15, 0.2) is 0 Å². The molecule has 1 heterocycles. The second-order valence-electron chi connectivity index (χ2n) is 4.81. The maximum atomic E-state index is 11.8. The molecule has 20 heavy (non-hydrogen) atoms. The average Bonchev–Trinajstić information content (AvgIpc) is 2.45. The van der Waals surface area contributed by atoms with Crippen molar-refractivity contribution in [3.8, 4) is 0 Å². The summed E-state index contributed by atoms with van der Waals surface area (Å²) in [6.45, 7) is 20.3. The topological polar surface area (TPSA) is 35.5 Å². The minimum atomic E-state index is -0.429. The number of hydrogen-bond donors (Lipinski definition) is 0. The summed E-state index contributed by atoms with van der Waals surface area (Å²) in [6.07, 6.45) is 5.82. The first-order valence-electron chi connectivity index (χ1n) is 6.52. The highest BCUT2D eigenvalue weighted by Gasteiger charge is 2.43. The molecule has 3 nitrogen and oxygen atoms in total. The van der Waals surface area contributed by atoms with Gasteiger partial charge in [0, 0.05) is 17.4 Å². The Kier molecular flexibility index (Phi) is 5.71. The zero-order valence-electron chi connectivity index (χ0n) is 12.0. The van der Waals surface area contributed by atoms with E-state index in [9.17, 15) is 4.79 Å². The Morgan fingerprint density at radius 3 is 1.75 bits per heavy atom. The highest BCUT2D eigenvalue weighted by Crippen LogP contribution is 2.35. The molecule has 0 amide bonds. The monoisotopic (exact) mass is 274 g/mol. The lowest BCUT2D eigenvalue weighted by molar-refractivity contribution is -0.166. The first-order valence-corrected chi connectivity index (χ1v) is 6.52. The molecule has 0 aromatic heterocycles. The lowest BCUT2D eigenvalue weighted by Gasteiger charge is -2.43. The van der Waals surface area contributed by atoms with E-state index in [4.69, 9.17) is 9.47 Å². The van der Waals surface area contributed by atoms with E-state index in [2.05, 4.69) is 32.9 Å². The van der Waals surface area contributed by atoms with Gasteiger partial charge in [-0.2, -0.15) is 0 Å². The number of carbonyl (C=O) groups excluding carboxylic acids is 1. The lowest BCUT2D eigenvalue weighted by Crippen LogP contribution is -2.50. The minimum Gasteiger partial charge on any atom is -0.458 e. The maximum absolute atomic E-state index is 11.8. The van der Waals surface area contributed by atoms with Gasteiger partial charge in [0.2, 0.25) is 0 Å². The third kappa shape index (κ3) is 3.17.